The molecular formula is C29H29N7O5. The van der Waals surface area contributed by atoms with E-state index in [1.807, 2.05) is 55.6 Å². The summed E-state index contributed by atoms with van der Waals surface area (Å²) in [6.45, 7) is 5.19. The fourth-order valence-corrected chi connectivity index (χ4v) is 5.29. The van der Waals surface area contributed by atoms with Crippen LogP contribution in [0.1, 0.15) is 16.8 Å². The van der Waals surface area contributed by atoms with Gasteiger partial charge in [-0.05, 0) is 42.3 Å². The number of aromatic nitrogens is 4. The van der Waals surface area contributed by atoms with Crippen LogP contribution in [0, 0.1) is 6.92 Å². The molecule has 210 valence electrons. The molecular weight excluding hydrogens is 526 g/mol. The highest BCUT2D eigenvalue weighted by atomic mass is 16.7. The van der Waals surface area contributed by atoms with Gasteiger partial charge in [-0.3, -0.25) is 14.3 Å². The second kappa shape index (κ2) is 10.6. The molecule has 1 fully saturated rings. The summed E-state index contributed by atoms with van der Waals surface area (Å²) < 4.78 is 23.7. The fraction of sp³-hybridized carbons (Fsp3) is 0.310. The van der Waals surface area contributed by atoms with Gasteiger partial charge in [-0.15, -0.1) is 0 Å². The molecule has 0 spiro atoms. The van der Waals surface area contributed by atoms with Crippen molar-refractivity contribution in [1.82, 2.24) is 29.7 Å². The first-order valence-electron chi connectivity index (χ1n) is 13.5. The average Bonchev–Trinajstić information content (AvgIpc) is 3.77. The second-order valence-corrected chi connectivity index (χ2v) is 10.2. The number of anilines is 1. The third-order valence-corrected chi connectivity index (χ3v) is 7.41. The Kier molecular flexibility index (Phi) is 6.51. The molecule has 2 aromatic heterocycles. The predicted molar refractivity (Wildman–Crippen MR) is 147 cm³/mol. The predicted octanol–water partition coefficient (Wildman–Crippen LogP) is 2.44. The van der Waals surface area contributed by atoms with Crippen molar-refractivity contribution in [3.8, 4) is 28.9 Å². The molecule has 3 aliphatic rings. The van der Waals surface area contributed by atoms with E-state index in [0.29, 0.717) is 50.2 Å². The van der Waals surface area contributed by atoms with E-state index in [0.717, 1.165) is 34.1 Å². The van der Waals surface area contributed by atoms with Gasteiger partial charge in [-0.2, -0.15) is 4.98 Å². The largest absolute Gasteiger partial charge is 0.454 e. The number of imidazole rings is 1. The van der Waals surface area contributed by atoms with Crippen molar-refractivity contribution in [3.05, 3.63) is 78.0 Å². The molecule has 1 amide bonds. The van der Waals surface area contributed by atoms with Crippen LogP contribution in [0.25, 0.3) is 5.95 Å². The summed E-state index contributed by atoms with van der Waals surface area (Å²) in [6, 6.07) is 13.2. The zero-order valence-corrected chi connectivity index (χ0v) is 22.5. The number of aryl methyl sites for hydroxylation is 1. The van der Waals surface area contributed by atoms with Gasteiger partial charge in [0.15, 0.2) is 23.0 Å². The zero-order valence-electron chi connectivity index (χ0n) is 22.5. The number of nitrogens with one attached hydrogen (secondary N) is 1. The Bertz CT molecular complexity index is 1580. The van der Waals surface area contributed by atoms with Gasteiger partial charge >= 0.3 is 0 Å². The van der Waals surface area contributed by atoms with E-state index in [2.05, 4.69) is 25.1 Å². The van der Waals surface area contributed by atoms with Crippen molar-refractivity contribution >= 4 is 11.7 Å². The van der Waals surface area contributed by atoms with Gasteiger partial charge in [-0.25, -0.2) is 9.97 Å². The van der Waals surface area contributed by atoms with Gasteiger partial charge in [0.1, 0.15) is 18.2 Å². The van der Waals surface area contributed by atoms with Crippen LogP contribution in [0.2, 0.25) is 0 Å². The van der Waals surface area contributed by atoms with Crippen LogP contribution in [0.3, 0.4) is 0 Å². The highest BCUT2D eigenvalue weighted by Crippen LogP contribution is 2.34. The topological polar surface area (TPSA) is 116 Å². The fourth-order valence-electron chi connectivity index (χ4n) is 5.29. The Labute approximate surface area is 236 Å². The van der Waals surface area contributed by atoms with Crippen LogP contribution in [-0.2, 0) is 17.9 Å². The van der Waals surface area contributed by atoms with Crippen LogP contribution in [0.4, 0.5) is 5.82 Å². The van der Waals surface area contributed by atoms with E-state index in [-0.39, 0.29) is 19.5 Å². The summed E-state index contributed by atoms with van der Waals surface area (Å²) in [5, 5.41) is 3.14. The van der Waals surface area contributed by atoms with Crippen molar-refractivity contribution in [2.75, 3.05) is 38.1 Å². The van der Waals surface area contributed by atoms with Crippen molar-refractivity contribution < 1.29 is 23.7 Å². The normalized spacial score (nSPS) is 17.6. The summed E-state index contributed by atoms with van der Waals surface area (Å²) in [5.74, 6) is 4.14. The van der Waals surface area contributed by atoms with E-state index in [1.165, 1.54) is 0 Å². The first kappa shape index (κ1) is 25.1. The van der Waals surface area contributed by atoms with Crippen LogP contribution in [-0.4, -0.2) is 69.6 Å². The number of nitrogens with zero attached hydrogens (tertiary/aromatic N) is 6. The molecule has 1 saturated heterocycles. The van der Waals surface area contributed by atoms with E-state index in [4.69, 9.17) is 23.9 Å². The van der Waals surface area contributed by atoms with E-state index in [1.54, 1.807) is 17.1 Å². The zero-order chi connectivity index (χ0) is 27.8. The first-order valence-corrected chi connectivity index (χ1v) is 13.5. The lowest BCUT2D eigenvalue weighted by Crippen LogP contribution is -2.58. The molecule has 1 unspecified atom stereocenters. The van der Waals surface area contributed by atoms with Crippen LogP contribution < -0.4 is 29.2 Å². The lowest BCUT2D eigenvalue weighted by atomic mass is 10.1. The number of benzene rings is 2. The summed E-state index contributed by atoms with van der Waals surface area (Å²) in [6.07, 6.45) is 5.18. The molecule has 7 rings (SSSR count). The monoisotopic (exact) mass is 555 g/mol. The smallest absolute Gasteiger partial charge is 0.239 e. The highest BCUT2D eigenvalue weighted by molar-refractivity contribution is 5.82. The molecule has 5 heterocycles. The van der Waals surface area contributed by atoms with Crippen molar-refractivity contribution in [2.24, 2.45) is 0 Å². The number of hydrogen-bond acceptors (Lipinski definition) is 10. The Hall–Kier alpha value is -4.84. The molecule has 0 saturated carbocycles. The number of hydrogen-bond donors (Lipinski definition) is 1. The van der Waals surface area contributed by atoms with Crippen LogP contribution in [0.5, 0.6) is 23.0 Å². The molecule has 0 aliphatic carbocycles. The molecule has 12 heteroatoms. The maximum Gasteiger partial charge on any atom is 0.239 e. The van der Waals surface area contributed by atoms with Gasteiger partial charge in [0.2, 0.25) is 25.4 Å². The van der Waals surface area contributed by atoms with Gasteiger partial charge < -0.3 is 29.2 Å². The Balaban J connectivity index is 1.12. The second-order valence-electron chi connectivity index (χ2n) is 10.2. The molecule has 1 atom stereocenters. The maximum absolute atomic E-state index is 13.8. The molecule has 3 aliphatic heterocycles. The number of rotatable bonds is 7. The van der Waals surface area contributed by atoms with Crippen molar-refractivity contribution in [3.63, 3.8) is 0 Å². The Morgan fingerprint density at radius 2 is 1.66 bits per heavy atom. The molecule has 12 nitrogen and oxygen atoms in total. The van der Waals surface area contributed by atoms with Gasteiger partial charge in [0.25, 0.3) is 0 Å². The van der Waals surface area contributed by atoms with Crippen LogP contribution in [0.15, 0.2) is 61.2 Å². The van der Waals surface area contributed by atoms with Crippen LogP contribution >= 0.6 is 0 Å². The molecule has 41 heavy (non-hydrogen) atoms. The molecule has 2 aromatic carbocycles. The van der Waals surface area contributed by atoms with E-state index < -0.39 is 6.04 Å². The number of ether oxygens (including phenoxy) is 4. The maximum atomic E-state index is 13.8. The number of piperazine rings is 1. The van der Waals surface area contributed by atoms with Gasteiger partial charge in [-0.1, -0.05) is 12.1 Å². The number of carbonyl (C=O) groups excluding carboxylic acids is 1. The summed E-state index contributed by atoms with van der Waals surface area (Å²) >= 11 is 0. The van der Waals surface area contributed by atoms with E-state index >= 15 is 0 Å². The first-order chi connectivity index (χ1) is 20.1. The van der Waals surface area contributed by atoms with Gasteiger partial charge in [0, 0.05) is 56.9 Å². The molecule has 0 bridgehead atoms. The summed E-state index contributed by atoms with van der Waals surface area (Å²) in [4.78, 5) is 31.6. The van der Waals surface area contributed by atoms with E-state index in [9.17, 15) is 4.79 Å². The third-order valence-electron chi connectivity index (χ3n) is 7.41. The number of amides is 1. The summed E-state index contributed by atoms with van der Waals surface area (Å²) in [5.41, 5.74) is 2.83. The minimum Gasteiger partial charge on any atom is -0.454 e. The highest BCUT2D eigenvalue weighted by Gasteiger charge is 2.33. The van der Waals surface area contributed by atoms with Gasteiger partial charge in [0.05, 0.1) is 0 Å². The standard InChI is InChI=1S/C29H29N7O5/c1-19-10-27(33-29(32-19)36-7-6-30-16-36)35-9-8-34(14-21-3-5-24-26(12-21)41-18-39-24)22(15-35)28(37)31-13-20-2-4-23-25(11-20)40-17-38-23/h2-7,10-12,16,22H,8-9,13-15,17-18H2,1H3,(H,31,37). The Morgan fingerprint density at radius 1 is 0.927 bits per heavy atom. The average molecular weight is 556 g/mol. The third kappa shape index (κ3) is 5.21. The number of fused-ring (bicyclic) bond motifs is 2. The van der Waals surface area contributed by atoms with Crippen molar-refractivity contribution in [2.45, 2.75) is 26.1 Å². The molecule has 4 aromatic rings. The quantitative estimate of drug-likeness (QED) is 0.365. The lowest BCUT2D eigenvalue weighted by Gasteiger charge is -2.41. The number of carbonyl (C=O) groups is 1. The molecule has 0 radical (unpaired) electrons. The van der Waals surface area contributed by atoms with Crippen molar-refractivity contribution in [1.29, 1.82) is 0 Å². The summed E-state index contributed by atoms with van der Waals surface area (Å²) in [7, 11) is 0. The minimum atomic E-state index is -0.421. The molecule has 1 N–H and O–H groups in total. The minimum absolute atomic E-state index is 0.0614. The SMILES string of the molecule is Cc1cc(N2CCN(Cc3ccc4c(c3)OCO4)C(C(=O)NCc3ccc4c(c3)OCO4)C2)nc(-n2ccnc2)n1. The lowest BCUT2D eigenvalue weighted by molar-refractivity contribution is -0.127. The Morgan fingerprint density at radius 3 is 2.41 bits per heavy atom.